The summed E-state index contributed by atoms with van der Waals surface area (Å²) in [7, 11) is 0. The minimum absolute atomic E-state index is 0.158. The maximum Gasteiger partial charge on any atom is 0.266 e. The van der Waals surface area contributed by atoms with Crippen LogP contribution in [0.1, 0.15) is 0 Å². The van der Waals surface area contributed by atoms with Gasteiger partial charge in [0, 0.05) is 8.96 Å². The summed E-state index contributed by atoms with van der Waals surface area (Å²) in [5.41, 5.74) is 1.19. The summed E-state index contributed by atoms with van der Waals surface area (Å²) in [6.45, 7) is 0. The molecule has 3 aromatic carbocycles. The van der Waals surface area contributed by atoms with E-state index in [0.29, 0.717) is 10.9 Å². The van der Waals surface area contributed by atoms with E-state index in [9.17, 15) is 4.79 Å². The third kappa shape index (κ3) is 2.42. The summed E-state index contributed by atoms with van der Waals surface area (Å²) in [5, 5.41) is 2.75. The van der Waals surface area contributed by atoms with E-state index in [1.807, 2.05) is 60.7 Å². The Morgan fingerprint density at radius 1 is 0.957 bits per heavy atom. The molecule has 4 rings (SSSR count). The molecule has 1 aromatic heterocycles. The zero-order valence-electron chi connectivity index (χ0n) is 11.8. The number of nitrogens with zero attached hydrogens (tertiary/aromatic N) is 2. The molecule has 4 aromatic rings. The predicted octanol–water partition coefficient (Wildman–Crippen LogP) is 4.80. The van der Waals surface area contributed by atoms with Gasteiger partial charge in [-0.05, 0) is 63.8 Å². The Labute approximate surface area is 150 Å². The fraction of sp³-hybridized carbons (Fsp3) is 0. The first-order valence-electron chi connectivity index (χ1n) is 7.01. The zero-order valence-corrected chi connectivity index (χ0v) is 14.7. The Hall–Kier alpha value is -1.92. The highest BCUT2D eigenvalue weighted by molar-refractivity contribution is 14.1. The molecule has 23 heavy (non-hydrogen) atoms. The number of aromatic nitrogens is 2. The van der Waals surface area contributed by atoms with Gasteiger partial charge in [-0.2, -0.15) is 0 Å². The highest BCUT2D eigenvalue weighted by Crippen LogP contribution is 2.24. The van der Waals surface area contributed by atoms with Gasteiger partial charge in [-0.15, -0.1) is 0 Å². The summed E-state index contributed by atoms with van der Waals surface area (Å²) in [4.78, 5) is 17.4. The van der Waals surface area contributed by atoms with Gasteiger partial charge in [0.15, 0.2) is 0 Å². The molecular formula is C18H10ClIN2O. The Morgan fingerprint density at radius 3 is 2.61 bits per heavy atom. The largest absolute Gasteiger partial charge is 0.268 e. The van der Waals surface area contributed by atoms with E-state index >= 15 is 0 Å². The van der Waals surface area contributed by atoms with Gasteiger partial charge in [-0.3, -0.25) is 9.36 Å². The molecule has 5 heteroatoms. The number of hydrogen-bond acceptors (Lipinski definition) is 2. The molecule has 0 fully saturated rings. The first-order valence-corrected chi connectivity index (χ1v) is 8.47. The molecule has 0 saturated carbocycles. The van der Waals surface area contributed by atoms with Gasteiger partial charge >= 0.3 is 0 Å². The smallest absolute Gasteiger partial charge is 0.266 e. The van der Waals surface area contributed by atoms with E-state index in [1.165, 1.54) is 4.57 Å². The molecule has 112 valence electrons. The van der Waals surface area contributed by atoms with E-state index in [4.69, 9.17) is 11.6 Å². The summed E-state index contributed by atoms with van der Waals surface area (Å²) >= 11 is 8.52. The summed E-state index contributed by atoms with van der Waals surface area (Å²) in [6, 6.07) is 19.3. The molecule has 0 radical (unpaired) electrons. The molecule has 0 amide bonds. The Bertz CT molecular complexity index is 1120. The van der Waals surface area contributed by atoms with Crippen LogP contribution in [0.25, 0.3) is 27.4 Å². The number of fused-ring (bicyclic) bond motifs is 2. The Morgan fingerprint density at radius 2 is 1.74 bits per heavy atom. The van der Waals surface area contributed by atoms with E-state index in [0.717, 1.165) is 20.0 Å². The summed E-state index contributed by atoms with van der Waals surface area (Å²) in [5.74, 6) is 0. The van der Waals surface area contributed by atoms with E-state index in [1.54, 1.807) is 0 Å². The van der Waals surface area contributed by atoms with Crippen molar-refractivity contribution < 1.29 is 0 Å². The van der Waals surface area contributed by atoms with Gasteiger partial charge < -0.3 is 0 Å². The fourth-order valence-corrected chi connectivity index (χ4v) is 3.49. The van der Waals surface area contributed by atoms with Crippen LogP contribution in [0.15, 0.2) is 65.5 Å². The lowest BCUT2D eigenvalue weighted by molar-refractivity contribution is 0.972. The second kappa shape index (κ2) is 5.62. The average Bonchev–Trinajstić information content (AvgIpc) is 2.56. The highest BCUT2D eigenvalue weighted by Gasteiger charge is 2.13. The number of rotatable bonds is 1. The minimum atomic E-state index is -0.158. The van der Waals surface area contributed by atoms with Crippen LogP contribution in [0.5, 0.6) is 0 Å². The topological polar surface area (TPSA) is 34.9 Å². The fourth-order valence-electron chi connectivity index (χ4n) is 2.74. The molecule has 0 atom stereocenters. The first kappa shape index (κ1) is 14.7. The van der Waals surface area contributed by atoms with Gasteiger partial charge in [0.05, 0.1) is 16.6 Å². The third-order valence-corrected chi connectivity index (χ3v) is 4.72. The quantitative estimate of drug-likeness (QED) is 0.320. The van der Waals surface area contributed by atoms with Crippen LogP contribution in [-0.4, -0.2) is 9.55 Å². The SMILES string of the molecule is O=c1c2cc(I)ccc2nc(Cl)n1-c1cccc2ccccc12. The predicted molar refractivity (Wildman–Crippen MR) is 103 cm³/mol. The van der Waals surface area contributed by atoms with Crippen molar-refractivity contribution in [1.82, 2.24) is 9.55 Å². The van der Waals surface area contributed by atoms with Crippen molar-refractivity contribution >= 4 is 55.9 Å². The van der Waals surface area contributed by atoms with Gasteiger partial charge in [-0.1, -0.05) is 36.4 Å². The van der Waals surface area contributed by atoms with Crippen LogP contribution >= 0.6 is 34.2 Å². The molecular weight excluding hydrogens is 423 g/mol. The molecule has 0 unspecified atom stereocenters. The van der Waals surface area contributed by atoms with Crippen LogP contribution in [-0.2, 0) is 0 Å². The van der Waals surface area contributed by atoms with Crippen molar-refractivity contribution in [3.05, 3.63) is 79.9 Å². The van der Waals surface area contributed by atoms with Crippen LogP contribution < -0.4 is 5.56 Å². The van der Waals surface area contributed by atoms with Crippen LogP contribution in [0.4, 0.5) is 0 Å². The third-order valence-electron chi connectivity index (χ3n) is 3.80. The van der Waals surface area contributed by atoms with Crippen molar-refractivity contribution in [2.24, 2.45) is 0 Å². The number of hydrogen-bond donors (Lipinski definition) is 0. The van der Waals surface area contributed by atoms with Gasteiger partial charge in [0.1, 0.15) is 0 Å². The lowest BCUT2D eigenvalue weighted by atomic mass is 10.1. The minimum Gasteiger partial charge on any atom is -0.268 e. The second-order valence-electron chi connectivity index (χ2n) is 5.18. The highest BCUT2D eigenvalue weighted by atomic mass is 127. The second-order valence-corrected chi connectivity index (χ2v) is 6.76. The van der Waals surface area contributed by atoms with E-state index < -0.39 is 0 Å². The molecule has 0 aliphatic rings. The van der Waals surface area contributed by atoms with Crippen molar-refractivity contribution in [2.45, 2.75) is 0 Å². The lowest BCUT2D eigenvalue weighted by Gasteiger charge is -2.12. The van der Waals surface area contributed by atoms with Crippen molar-refractivity contribution in [3.63, 3.8) is 0 Å². The van der Waals surface area contributed by atoms with Crippen LogP contribution in [0, 0.1) is 3.57 Å². The number of halogens is 2. The van der Waals surface area contributed by atoms with Gasteiger partial charge in [0.2, 0.25) is 5.28 Å². The number of benzene rings is 3. The normalized spacial score (nSPS) is 11.2. The molecule has 0 spiro atoms. The van der Waals surface area contributed by atoms with Crippen molar-refractivity contribution in [1.29, 1.82) is 0 Å². The standard InChI is InChI=1S/C18H10ClIN2O/c19-18-21-15-9-8-12(20)10-14(15)17(23)22(18)16-7-3-5-11-4-1-2-6-13(11)16/h1-10H. The first-order chi connectivity index (χ1) is 11.1. The lowest BCUT2D eigenvalue weighted by Crippen LogP contribution is -2.20. The van der Waals surface area contributed by atoms with Gasteiger partial charge in [0.25, 0.3) is 5.56 Å². The molecule has 0 N–H and O–H groups in total. The van der Waals surface area contributed by atoms with Gasteiger partial charge in [-0.25, -0.2) is 4.98 Å². The van der Waals surface area contributed by atoms with E-state index in [2.05, 4.69) is 27.6 Å². The van der Waals surface area contributed by atoms with Crippen LogP contribution in [0.2, 0.25) is 5.28 Å². The zero-order chi connectivity index (χ0) is 16.0. The molecule has 0 aliphatic carbocycles. The maximum atomic E-state index is 13.0. The van der Waals surface area contributed by atoms with Crippen LogP contribution in [0.3, 0.4) is 0 Å². The molecule has 0 aliphatic heterocycles. The Kier molecular flexibility index (Phi) is 3.58. The monoisotopic (exact) mass is 432 g/mol. The molecule has 0 saturated heterocycles. The maximum absolute atomic E-state index is 13.0. The summed E-state index contributed by atoms with van der Waals surface area (Å²) < 4.78 is 2.46. The van der Waals surface area contributed by atoms with E-state index in [-0.39, 0.29) is 10.8 Å². The molecule has 1 heterocycles. The summed E-state index contributed by atoms with van der Waals surface area (Å²) in [6.07, 6.45) is 0. The molecule has 0 bridgehead atoms. The Balaban J connectivity index is 2.15. The van der Waals surface area contributed by atoms with Crippen molar-refractivity contribution in [3.8, 4) is 5.69 Å². The average molecular weight is 433 g/mol. The van der Waals surface area contributed by atoms with Crippen molar-refractivity contribution in [2.75, 3.05) is 0 Å². The molecule has 3 nitrogen and oxygen atoms in total.